The first-order valence-electron chi connectivity index (χ1n) is 7.10. The van der Waals surface area contributed by atoms with Crippen LogP contribution in [0.5, 0.6) is 0 Å². The minimum atomic E-state index is 0. The van der Waals surface area contributed by atoms with Gasteiger partial charge in [0.15, 0.2) is 0 Å². The largest absolute Gasteiger partial charge is 0.314 e. The average molecular weight is 286 g/mol. The molecule has 0 atom stereocenters. The van der Waals surface area contributed by atoms with Gasteiger partial charge in [-0.2, -0.15) is 15.0 Å². The van der Waals surface area contributed by atoms with Crippen LogP contribution < -0.4 is 5.32 Å². The van der Waals surface area contributed by atoms with Gasteiger partial charge < -0.3 is 5.32 Å². The Balaban J connectivity index is 0.00000133. The van der Waals surface area contributed by atoms with Crippen LogP contribution in [-0.2, 0) is 13.6 Å². The summed E-state index contributed by atoms with van der Waals surface area (Å²) in [6.07, 6.45) is 8.72. The van der Waals surface area contributed by atoms with Crippen LogP contribution in [0.15, 0.2) is 6.20 Å². The molecule has 2 aliphatic rings. The highest BCUT2D eigenvalue weighted by Gasteiger charge is 2.39. The van der Waals surface area contributed by atoms with Gasteiger partial charge in [0, 0.05) is 38.8 Å². The molecule has 0 bridgehead atoms. The van der Waals surface area contributed by atoms with E-state index in [0.29, 0.717) is 5.54 Å². The second kappa shape index (κ2) is 6.20. The molecule has 1 spiro atoms. The van der Waals surface area contributed by atoms with Crippen LogP contribution in [0.1, 0.15) is 37.8 Å². The summed E-state index contributed by atoms with van der Waals surface area (Å²) in [5, 5.41) is 12.2. The van der Waals surface area contributed by atoms with Gasteiger partial charge in [-0.05, 0) is 12.8 Å². The molecule has 1 aromatic rings. The molecule has 1 N–H and O–H groups in total. The Hall–Kier alpha value is -0.650. The molecule has 0 amide bonds. The van der Waals surface area contributed by atoms with Gasteiger partial charge in [0.05, 0.1) is 11.9 Å². The summed E-state index contributed by atoms with van der Waals surface area (Å²) in [6, 6.07) is 0. The number of rotatable bonds is 2. The van der Waals surface area contributed by atoms with Crippen molar-refractivity contribution >= 4 is 12.4 Å². The Morgan fingerprint density at radius 1 is 1.32 bits per heavy atom. The van der Waals surface area contributed by atoms with Crippen molar-refractivity contribution in [2.24, 2.45) is 7.05 Å². The van der Waals surface area contributed by atoms with E-state index in [1.807, 2.05) is 13.2 Å². The standard InChI is InChI=1S/C13H23N5.ClH/c1-17-15-9-12(16-17)10-18-8-7-14-11-13(18)5-3-2-4-6-13;/h9,14H,2-8,10-11H2,1H3;1H. The lowest BCUT2D eigenvalue weighted by Crippen LogP contribution is -2.61. The van der Waals surface area contributed by atoms with Crippen molar-refractivity contribution in [3.63, 3.8) is 0 Å². The molecule has 6 heteroatoms. The number of halogens is 1. The zero-order valence-electron chi connectivity index (χ0n) is 11.6. The second-order valence-corrected chi connectivity index (χ2v) is 5.71. The molecular weight excluding hydrogens is 262 g/mol. The van der Waals surface area contributed by atoms with Crippen LogP contribution in [0.4, 0.5) is 0 Å². The molecule has 3 rings (SSSR count). The molecule has 1 saturated heterocycles. The van der Waals surface area contributed by atoms with Crippen LogP contribution in [0.3, 0.4) is 0 Å². The molecular formula is C13H24ClN5. The maximum atomic E-state index is 4.43. The number of aryl methyl sites for hydroxylation is 1. The van der Waals surface area contributed by atoms with Crippen LogP contribution in [0.25, 0.3) is 0 Å². The van der Waals surface area contributed by atoms with E-state index < -0.39 is 0 Å². The molecule has 5 nitrogen and oxygen atoms in total. The topological polar surface area (TPSA) is 46.0 Å². The smallest absolute Gasteiger partial charge is 0.0967 e. The van der Waals surface area contributed by atoms with Crippen LogP contribution in [0, 0.1) is 0 Å². The number of nitrogens with one attached hydrogen (secondary N) is 1. The lowest BCUT2D eigenvalue weighted by molar-refractivity contribution is 0.0198. The SMILES string of the molecule is Cl.Cn1ncc(CN2CCNCC23CCCCC3)n1. The molecule has 0 aromatic carbocycles. The number of hydrogen-bond acceptors (Lipinski definition) is 4. The van der Waals surface area contributed by atoms with Crippen LogP contribution in [-0.4, -0.2) is 45.1 Å². The van der Waals surface area contributed by atoms with Crippen molar-refractivity contribution in [3.05, 3.63) is 11.9 Å². The number of aromatic nitrogens is 3. The molecule has 0 unspecified atom stereocenters. The van der Waals surface area contributed by atoms with Gasteiger partial charge in [-0.15, -0.1) is 12.4 Å². The van der Waals surface area contributed by atoms with Crippen molar-refractivity contribution in [1.29, 1.82) is 0 Å². The fourth-order valence-corrected chi connectivity index (χ4v) is 3.49. The molecule has 2 fully saturated rings. The summed E-state index contributed by atoms with van der Waals surface area (Å²) in [7, 11) is 1.89. The normalized spacial score (nSPS) is 23.2. The Morgan fingerprint density at radius 2 is 2.11 bits per heavy atom. The van der Waals surface area contributed by atoms with E-state index in [2.05, 4.69) is 20.4 Å². The number of piperazine rings is 1. The third kappa shape index (κ3) is 3.09. The Kier molecular flexibility index (Phi) is 4.81. The molecule has 2 heterocycles. The van der Waals surface area contributed by atoms with Gasteiger partial charge in [0.25, 0.3) is 0 Å². The molecule has 1 aliphatic carbocycles. The van der Waals surface area contributed by atoms with Crippen molar-refractivity contribution in [2.45, 2.75) is 44.2 Å². The quantitative estimate of drug-likeness (QED) is 0.891. The first-order chi connectivity index (χ1) is 8.78. The van der Waals surface area contributed by atoms with Crippen molar-refractivity contribution in [2.75, 3.05) is 19.6 Å². The first-order valence-corrected chi connectivity index (χ1v) is 7.10. The lowest BCUT2D eigenvalue weighted by atomic mass is 9.79. The minimum Gasteiger partial charge on any atom is -0.314 e. The maximum Gasteiger partial charge on any atom is 0.0967 e. The second-order valence-electron chi connectivity index (χ2n) is 5.71. The molecule has 0 radical (unpaired) electrons. The third-order valence-electron chi connectivity index (χ3n) is 4.47. The molecule has 1 aliphatic heterocycles. The fraction of sp³-hybridized carbons (Fsp3) is 0.846. The third-order valence-corrected chi connectivity index (χ3v) is 4.47. The Morgan fingerprint density at radius 3 is 2.79 bits per heavy atom. The van der Waals surface area contributed by atoms with E-state index in [9.17, 15) is 0 Å². The first kappa shape index (κ1) is 14.8. The highest BCUT2D eigenvalue weighted by atomic mass is 35.5. The zero-order chi connectivity index (χ0) is 12.4. The van der Waals surface area contributed by atoms with E-state index in [1.165, 1.54) is 32.1 Å². The summed E-state index contributed by atoms with van der Waals surface area (Å²) < 4.78 is 0. The molecule has 108 valence electrons. The van der Waals surface area contributed by atoms with Crippen LogP contribution in [0.2, 0.25) is 0 Å². The predicted molar refractivity (Wildman–Crippen MR) is 77.3 cm³/mol. The van der Waals surface area contributed by atoms with E-state index in [1.54, 1.807) is 4.80 Å². The minimum absolute atomic E-state index is 0. The summed E-state index contributed by atoms with van der Waals surface area (Å²) >= 11 is 0. The highest BCUT2D eigenvalue weighted by molar-refractivity contribution is 5.85. The molecule has 1 saturated carbocycles. The Labute approximate surface area is 121 Å². The summed E-state index contributed by atoms with van der Waals surface area (Å²) in [5.74, 6) is 0. The number of hydrogen-bond donors (Lipinski definition) is 1. The van der Waals surface area contributed by atoms with Crippen LogP contribution >= 0.6 is 12.4 Å². The van der Waals surface area contributed by atoms with Crippen molar-refractivity contribution in [3.8, 4) is 0 Å². The zero-order valence-corrected chi connectivity index (χ0v) is 12.5. The Bertz CT molecular complexity index is 391. The van der Waals surface area contributed by atoms with E-state index >= 15 is 0 Å². The molecule has 1 aromatic heterocycles. The van der Waals surface area contributed by atoms with Gasteiger partial charge >= 0.3 is 0 Å². The van der Waals surface area contributed by atoms with E-state index in [0.717, 1.165) is 31.9 Å². The highest BCUT2D eigenvalue weighted by Crippen LogP contribution is 2.35. The van der Waals surface area contributed by atoms with E-state index in [4.69, 9.17) is 0 Å². The predicted octanol–water partition coefficient (Wildman–Crippen LogP) is 1.34. The maximum absolute atomic E-state index is 4.43. The van der Waals surface area contributed by atoms with Gasteiger partial charge in [0.2, 0.25) is 0 Å². The van der Waals surface area contributed by atoms with Crippen molar-refractivity contribution in [1.82, 2.24) is 25.2 Å². The lowest BCUT2D eigenvalue weighted by Gasteiger charge is -2.49. The van der Waals surface area contributed by atoms with E-state index in [-0.39, 0.29) is 12.4 Å². The summed E-state index contributed by atoms with van der Waals surface area (Å²) in [5.41, 5.74) is 1.48. The summed E-state index contributed by atoms with van der Waals surface area (Å²) in [4.78, 5) is 4.30. The van der Waals surface area contributed by atoms with Crippen molar-refractivity contribution < 1.29 is 0 Å². The van der Waals surface area contributed by atoms with Gasteiger partial charge in [0.1, 0.15) is 0 Å². The van der Waals surface area contributed by atoms with Gasteiger partial charge in [-0.1, -0.05) is 19.3 Å². The molecule has 19 heavy (non-hydrogen) atoms. The fourth-order valence-electron chi connectivity index (χ4n) is 3.49. The average Bonchev–Trinajstić information content (AvgIpc) is 2.79. The number of nitrogens with zero attached hydrogens (tertiary/aromatic N) is 4. The van der Waals surface area contributed by atoms with Gasteiger partial charge in [-0.3, -0.25) is 4.90 Å². The van der Waals surface area contributed by atoms with Gasteiger partial charge in [-0.25, -0.2) is 0 Å². The summed E-state index contributed by atoms with van der Waals surface area (Å²) in [6.45, 7) is 4.33. The monoisotopic (exact) mass is 285 g/mol.